The Balaban J connectivity index is 1.76. The fourth-order valence-corrected chi connectivity index (χ4v) is 7.04. The van der Waals surface area contributed by atoms with Gasteiger partial charge in [0.25, 0.3) is 0 Å². The molecule has 218 valence electrons. The van der Waals surface area contributed by atoms with E-state index in [2.05, 4.69) is 20.1 Å². The van der Waals surface area contributed by atoms with Crippen molar-refractivity contribution in [2.24, 2.45) is 11.8 Å². The molecule has 0 aliphatic carbocycles. The van der Waals surface area contributed by atoms with Gasteiger partial charge in [-0.05, 0) is 44.6 Å². The average molecular weight is 553 g/mol. The number of fused-ring (bicyclic) bond motifs is 1. The number of ether oxygens (including phenoxy) is 2. The van der Waals surface area contributed by atoms with Crippen LogP contribution in [0, 0.1) is 11.8 Å². The van der Waals surface area contributed by atoms with Crippen LogP contribution >= 0.6 is 0 Å². The molecule has 1 aromatic carbocycles. The molecular weight excluding hydrogens is 508 g/mol. The molecule has 3 saturated heterocycles. The molecule has 1 spiro atoms. The predicted molar refractivity (Wildman–Crippen MR) is 152 cm³/mol. The number of hydrogen-bond donors (Lipinski definition) is 1. The highest BCUT2D eigenvalue weighted by Gasteiger charge is 2.79. The first kappa shape index (κ1) is 30.0. The number of hydrogen-bond acceptors (Lipinski definition) is 6. The minimum Gasteiger partial charge on any atom is -0.465 e. The van der Waals surface area contributed by atoms with E-state index in [0.717, 1.165) is 24.8 Å². The Hall–Kier alpha value is -2.97. The van der Waals surface area contributed by atoms with Crippen LogP contribution in [0.2, 0.25) is 0 Å². The topological polar surface area (TPSA) is 96.4 Å². The van der Waals surface area contributed by atoms with Crippen molar-refractivity contribution in [2.45, 2.75) is 82.1 Å². The molecule has 1 aromatic rings. The van der Waals surface area contributed by atoms with Gasteiger partial charge in [-0.1, -0.05) is 62.2 Å². The van der Waals surface area contributed by atoms with Crippen LogP contribution in [0.3, 0.4) is 0 Å². The molecule has 0 radical (unpaired) electrons. The number of unbranched alkanes of at least 4 members (excludes halogenated alkanes) is 2. The van der Waals surface area contributed by atoms with E-state index in [1.54, 1.807) is 22.0 Å². The van der Waals surface area contributed by atoms with Crippen molar-refractivity contribution in [1.29, 1.82) is 0 Å². The van der Waals surface area contributed by atoms with Crippen LogP contribution in [0.1, 0.15) is 57.9 Å². The van der Waals surface area contributed by atoms with Crippen LogP contribution in [0.15, 0.2) is 55.6 Å². The van der Waals surface area contributed by atoms with Gasteiger partial charge in [0.15, 0.2) is 0 Å². The van der Waals surface area contributed by atoms with Crippen molar-refractivity contribution >= 4 is 17.8 Å². The Morgan fingerprint density at radius 2 is 1.98 bits per heavy atom. The molecule has 40 heavy (non-hydrogen) atoms. The number of carbonyl (C=O) groups is 3. The van der Waals surface area contributed by atoms with Gasteiger partial charge in [-0.15, -0.1) is 13.2 Å². The number of aliphatic hydroxyl groups excluding tert-OH is 1. The fourth-order valence-electron chi connectivity index (χ4n) is 7.04. The van der Waals surface area contributed by atoms with Crippen molar-refractivity contribution in [1.82, 2.24) is 9.80 Å². The van der Waals surface area contributed by atoms with E-state index in [4.69, 9.17) is 9.47 Å². The van der Waals surface area contributed by atoms with Crippen molar-refractivity contribution in [3.8, 4) is 0 Å². The number of benzene rings is 1. The highest BCUT2D eigenvalue weighted by Crippen LogP contribution is 2.63. The summed E-state index contributed by atoms with van der Waals surface area (Å²) in [7, 11) is 0. The number of nitrogens with zero attached hydrogens (tertiary/aromatic N) is 2. The van der Waals surface area contributed by atoms with E-state index < -0.39 is 41.1 Å². The summed E-state index contributed by atoms with van der Waals surface area (Å²) in [6, 6.07) is 8.00. The second-order valence-corrected chi connectivity index (χ2v) is 11.5. The lowest BCUT2D eigenvalue weighted by Crippen LogP contribution is -2.59. The summed E-state index contributed by atoms with van der Waals surface area (Å²) in [5.41, 5.74) is -1.13. The third-order valence-electron chi connectivity index (χ3n) is 8.88. The monoisotopic (exact) mass is 552 g/mol. The van der Waals surface area contributed by atoms with E-state index in [1.807, 2.05) is 37.3 Å². The van der Waals surface area contributed by atoms with Gasteiger partial charge in [-0.2, -0.15) is 0 Å². The number of likely N-dealkylation sites (tertiary alicyclic amines) is 1. The lowest BCUT2D eigenvalue weighted by atomic mass is 9.66. The quantitative estimate of drug-likeness (QED) is 0.203. The zero-order valence-electron chi connectivity index (χ0n) is 23.9. The Kier molecular flexibility index (Phi) is 9.52. The summed E-state index contributed by atoms with van der Waals surface area (Å²) in [4.78, 5) is 45.6. The predicted octanol–water partition coefficient (Wildman–Crippen LogP) is 3.68. The smallest absolute Gasteiger partial charge is 0.312 e. The fraction of sp³-hybridized carbons (Fsp3) is 0.594. The van der Waals surface area contributed by atoms with Crippen molar-refractivity contribution < 1.29 is 29.0 Å². The number of rotatable bonds is 15. The summed E-state index contributed by atoms with van der Waals surface area (Å²) >= 11 is 0. The second-order valence-electron chi connectivity index (χ2n) is 11.5. The van der Waals surface area contributed by atoms with Gasteiger partial charge in [-0.25, -0.2) is 0 Å². The normalized spacial score (nSPS) is 29.2. The lowest BCUT2D eigenvalue weighted by Gasteiger charge is -2.39. The largest absolute Gasteiger partial charge is 0.465 e. The van der Waals surface area contributed by atoms with Gasteiger partial charge < -0.3 is 24.4 Å². The van der Waals surface area contributed by atoms with Crippen molar-refractivity contribution in [2.75, 3.05) is 26.3 Å². The Morgan fingerprint density at radius 1 is 1.23 bits per heavy atom. The van der Waals surface area contributed by atoms with Gasteiger partial charge >= 0.3 is 5.97 Å². The molecule has 8 heteroatoms. The van der Waals surface area contributed by atoms with E-state index >= 15 is 0 Å². The van der Waals surface area contributed by atoms with Crippen LogP contribution in [-0.2, 0) is 30.3 Å². The Labute approximate surface area is 238 Å². The molecule has 2 amide bonds. The van der Waals surface area contributed by atoms with Crippen LogP contribution < -0.4 is 0 Å². The molecule has 4 rings (SSSR count). The molecule has 1 N–H and O–H groups in total. The zero-order chi connectivity index (χ0) is 28.9. The van der Waals surface area contributed by atoms with Gasteiger partial charge in [0, 0.05) is 13.1 Å². The molecule has 8 nitrogen and oxygen atoms in total. The summed E-state index contributed by atoms with van der Waals surface area (Å²) in [5.74, 6) is -2.71. The minimum atomic E-state index is -1.17. The van der Waals surface area contributed by atoms with Gasteiger partial charge in [0.05, 0.1) is 30.8 Å². The van der Waals surface area contributed by atoms with Crippen molar-refractivity contribution in [3.05, 3.63) is 61.2 Å². The third kappa shape index (κ3) is 5.36. The maximum Gasteiger partial charge on any atom is 0.312 e. The molecule has 3 aliphatic heterocycles. The molecule has 0 saturated carbocycles. The van der Waals surface area contributed by atoms with Gasteiger partial charge in [0.1, 0.15) is 17.6 Å². The molecule has 2 bridgehead atoms. The molecular formula is C32H44N2O6. The molecule has 0 aromatic heterocycles. The maximum atomic E-state index is 14.5. The Bertz CT molecular complexity index is 1090. The highest BCUT2D eigenvalue weighted by atomic mass is 16.6. The molecule has 3 aliphatic rings. The molecule has 3 heterocycles. The number of esters is 1. The first-order chi connectivity index (χ1) is 19.3. The standard InChI is InChI=1S/C32H44N2O6/c1-5-8-13-19-33(18-7-3)29(37)27-32-17-16-31(4,40-32)26(30(38)39-20-9-6-2)25(32)28(36)34(27)24(22-35)21-23-14-11-10-12-15-23/h6-7,10-12,14-15,24-27,35H,2-3,5,8-9,13,16-22H2,1,4H3/t24-,25+,26-,27?,31+,32?/m1/s1. The van der Waals surface area contributed by atoms with Crippen LogP contribution in [0.5, 0.6) is 0 Å². The molecule has 2 unspecified atom stereocenters. The molecule has 3 fully saturated rings. The SMILES string of the molecule is C=CCCOC(=O)[C@H]1[C@H]2C(=O)N([C@@H](CO)Cc3ccccc3)C(C(=O)N(CC=C)CCCCC)C23CC[C@]1(C)O3. The van der Waals surface area contributed by atoms with Crippen LogP contribution in [-0.4, -0.2) is 82.3 Å². The van der Waals surface area contributed by atoms with E-state index in [-0.39, 0.29) is 25.0 Å². The van der Waals surface area contributed by atoms with E-state index in [1.165, 1.54) is 0 Å². The van der Waals surface area contributed by atoms with E-state index in [0.29, 0.717) is 38.8 Å². The van der Waals surface area contributed by atoms with Gasteiger partial charge in [0.2, 0.25) is 11.8 Å². The first-order valence-electron chi connectivity index (χ1n) is 14.6. The van der Waals surface area contributed by atoms with Gasteiger partial charge in [-0.3, -0.25) is 14.4 Å². The Morgan fingerprint density at radius 3 is 2.62 bits per heavy atom. The maximum absolute atomic E-state index is 14.5. The summed E-state index contributed by atoms with van der Waals surface area (Å²) < 4.78 is 12.3. The average Bonchev–Trinajstić information content (AvgIpc) is 3.52. The van der Waals surface area contributed by atoms with Crippen molar-refractivity contribution in [3.63, 3.8) is 0 Å². The second kappa shape index (κ2) is 12.7. The zero-order valence-corrected chi connectivity index (χ0v) is 23.9. The number of aliphatic hydroxyl groups is 1. The third-order valence-corrected chi connectivity index (χ3v) is 8.88. The van der Waals surface area contributed by atoms with E-state index in [9.17, 15) is 19.5 Å². The first-order valence-corrected chi connectivity index (χ1v) is 14.6. The van der Waals surface area contributed by atoms with Crippen LogP contribution in [0.4, 0.5) is 0 Å². The van der Waals surface area contributed by atoms with Crippen LogP contribution in [0.25, 0.3) is 0 Å². The lowest BCUT2D eigenvalue weighted by molar-refractivity contribution is -0.161. The summed E-state index contributed by atoms with van der Waals surface area (Å²) in [6.07, 6.45) is 8.08. The number of amides is 2. The highest BCUT2D eigenvalue weighted by molar-refractivity contribution is 5.98. The summed E-state index contributed by atoms with van der Waals surface area (Å²) in [6.45, 7) is 12.2. The summed E-state index contributed by atoms with van der Waals surface area (Å²) in [5, 5.41) is 10.6. The minimum absolute atomic E-state index is 0.173. The number of carbonyl (C=O) groups excluding carboxylic acids is 3. The molecule has 6 atom stereocenters.